The summed E-state index contributed by atoms with van der Waals surface area (Å²) in [5.74, 6) is -4.84. The van der Waals surface area contributed by atoms with Crippen LogP contribution in [0.1, 0.15) is 17.3 Å². The highest BCUT2D eigenvalue weighted by atomic mass is 19.4. The SMILES string of the molecule is CC(O)C(C(=N)C(=O)c1ccc(OC(F)(F)F)cc1)C(=O)O. The Kier molecular flexibility index (Phi) is 5.26. The molecule has 0 aliphatic carbocycles. The van der Waals surface area contributed by atoms with Crippen molar-refractivity contribution >= 4 is 17.5 Å². The van der Waals surface area contributed by atoms with E-state index in [1.165, 1.54) is 0 Å². The number of hydrogen-bond donors (Lipinski definition) is 3. The van der Waals surface area contributed by atoms with Gasteiger partial charge in [-0.05, 0) is 31.2 Å². The first-order valence-electron chi connectivity index (χ1n) is 5.92. The summed E-state index contributed by atoms with van der Waals surface area (Å²) < 4.78 is 39.6. The molecule has 0 spiro atoms. The zero-order valence-corrected chi connectivity index (χ0v) is 11.2. The maximum Gasteiger partial charge on any atom is 0.573 e. The van der Waals surface area contributed by atoms with E-state index in [9.17, 15) is 27.9 Å². The van der Waals surface area contributed by atoms with Gasteiger partial charge >= 0.3 is 12.3 Å². The maximum atomic E-state index is 12.0. The Hall–Kier alpha value is -2.42. The van der Waals surface area contributed by atoms with Gasteiger partial charge in [-0.15, -0.1) is 13.2 Å². The molecule has 6 nitrogen and oxygen atoms in total. The molecule has 0 fully saturated rings. The number of aliphatic hydroxyl groups excluding tert-OH is 1. The predicted octanol–water partition coefficient (Wildman–Crippen LogP) is 1.87. The Morgan fingerprint density at radius 1 is 1.23 bits per heavy atom. The van der Waals surface area contributed by atoms with Crippen LogP contribution in [0.4, 0.5) is 13.2 Å². The molecule has 3 N–H and O–H groups in total. The lowest BCUT2D eigenvalue weighted by atomic mass is 9.92. The van der Waals surface area contributed by atoms with E-state index in [0.29, 0.717) is 0 Å². The van der Waals surface area contributed by atoms with Crippen LogP contribution in [0.15, 0.2) is 24.3 Å². The molecule has 0 aromatic heterocycles. The van der Waals surface area contributed by atoms with Crippen LogP contribution in [0.2, 0.25) is 0 Å². The van der Waals surface area contributed by atoms with Gasteiger partial charge in [0.1, 0.15) is 11.7 Å². The molecule has 1 aromatic carbocycles. The van der Waals surface area contributed by atoms with Crippen molar-refractivity contribution in [3.05, 3.63) is 29.8 Å². The maximum absolute atomic E-state index is 12.0. The summed E-state index contributed by atoms with van der Waals surface area (Å²) in [5, 5.41) is 25.7. The van der Waals surface area contributed by atoms with Crippen LogP contribution in [0.3, 0.4) is 0 Å². The van der Waals surface area contributed by atoms with Gasteiger partial charge in [0.15, 0.2) is 0 Å². The molecule has 9 heteroatoms. The molecule has 2 unspecified atom stereocenters. The summed E-state index contributed by atoms with van der Waals surface area (Å²) in [7, 11) is 0. The lowest BCUT2D eigenvalue weighted by Crippen LogP contribution is -2.37. The first-order chi connectivity index (χ1) is 10.0. The van der Waals surface area contributed by atoms with Crippen molar-refractivity contribution < 1.29 is 37.7 Å². The second-order valence-electron chi connectivity index (χ2n) is 4.37. The van der Waals surface area contributed by atoms with E-state index in [1.54, 1.807) is 0 Å². The van der Waals surface area contributed by atoms with Gasteiger partial charge in [0.05, 0.1) is 11.8 Å². The lowest BCUT2D eigenvalue weighted by Gasteiger charge is -2.15. The Balaban J connectivity index is 2.94. The van der Waals surface area contributed by atoms with E-state index in [4.69, 9.17) is 10.5 Å². The normalized spacial score (nSPS) is 14.0. The summed E-state index contributed by atoms with van der Waals surface area (Å²) in [6, 6.07) is 3.68. The molecule has 120 valence electrons. The summed E-state index contributed by atoms with van der Waals surface area (Å²) in [6.07, 6.45) is -6.35. The van der Waals surface area contributed by atoms with Crippen LogP contribution in [-0.4, -0.2) is 40.1 Å². The molecular weight excluding hydrogens is 307 g/mol. The third kappa shape index (κ3) is 4.55. The third-order valence-corrected chi connectivity index (χ3v) is 2.65. The number of aliphatic carboxylic acids is 1. The number of carboxylic acid groups (broad SMARTS) is 1. The van der Waals surface area contributed by atoms with Crippen molar-refractivity contribution in [3.63, 3.8) is 0 Å². The monoisotopic (exact) mass is 319 g/mol. The number of rotatable bonds is 6. The van der Waals surface area contributed by atoms with Gasteiger partial charge in [0.2, 0.25) is 5.78 Å². The van der Waals surface area contributed by atoms with Crippen LogP contribution in [-0.2, 0) is 4.79 Å². The van der Waals surface area contributed by atoms with Crippen molar-refractivity contribution in [2.24, 2.45) is 5.92 Å². The minimum atomic E-state index is -4.88. The Morgan fingerprint density at radius 2 is 1.73 bits per heavy atom. The average molecular weight is 319 g/mol. The minimum absolute atomic E-state index is 0.188. The topological polar surface area (TPSA) is 108 Å². The molecule has 0 aliphatic rings. The fourth-order valence-corrected chi connectivity index (χ4v) is 1.68. The van der Waals surface area contributed by atoms with Crippen molar-refractivity contribution in [2.45, 2.75) is 19.4 Å². The third-order valence-electron chi connectivity index (χ3n) is 2.65. The number of hydrogen-bond acceptors (Lipinski definition) is 5. The van der Waals surface area contributed by atoms with Crippen LogP contribution >= 0.6 is 0 Å². The number of aliphatic hydroxyl groups is 1. The largest absolute Gasteiger partial charge is 0.573 e. The van der Waals surface area contributed by atoms with Gasteiger partial charge in [-0.2, -0.15) is 0 Å². The molecule has 1 aromatic rings. The predicted molar refractivity (Wildman–Crippen MR) is 68.0 cm³/mol. The van der Waals surface area contributed by atoms with Gasteiger partial charge in [0, 0.05) is 5.56 Å². The van der Waals surface area contributed by atoms with Gasteiger partial charge in [-0.1, -0.05) is 0 Å². The molecule has 22 heavy (non-hydrogen) atoms. The average Bonchev–Trinajstić information content (AvgIpc) is 2.35. The number of nitrogens with one attached hydrogen (secondary N) is 1. The molecular formula is C13H12F3NO5. The molecule has 0 amide bonds. The molecule has 0 saturated heterocycles. The van der Waals surface area contributed by atoms with Gasteiger partial charge < -0.3 is 20.4 Å². The number of carbonyl (C=O) groups is 2. The second-order valence-corrected chi connectivity index (χ2v) is 4.37. The van der Waals surface area contributed by atoms with Crippen molar-refractivity contribution in [3.8, 4) is 5.75 Å². The summed E-state index contributed by atoms with van der Waals surface area (Å²) in [5.41, 5.74) is -1.06. The summed E-state index contributed by atoms with van der Waals surface area (Å²) >= 11 is 0. The van der Waals surface area contributed by atoms with Crippen molar-refractivity contribution in [1.82, 2.24) is 0 Å². The first-order valence-corrected chi connectivity index (χ1v) is 5.92. The highest BCUT2D eigenvalue weighted by Gasteiger charge is 2.33. The van der Waals surface area contributed by atoms with Crippen LogP contribution in [0, 0.1) is 11.3 Å². The number of carboxylic acids is 1. The van der Waals surface area contributed by atoms with Gasteiger partial charge in [-0.3, -0.25) is 9.59 Å². The summed E-state index contributed by atoms with van der Waals surface area (Å²) in [4.78, 5) is 22.9. The standard InChI is InChI=1S/C13H12F3NO5/c1-6(18)9(12(20)21)10(17)11(19)7-2-4-8(5-3-7)22-13(14,15)16/h2-6,9,17-18H,1H3,(H,20,21). The van der Waals surface area contributed by atoms with E-state index in [-0.39, 0.29) is 5.56 Å². The summed E-state index contributed by atoms with van der Waals surface area (Å²) in [6.45, 7) is 1.11. The second kappa shape index (κ2) is 6.56. The van der Waals surface area contributed by atoms with Crippen LogP contribution in [0.25, 0.3) is 0 Å². The van der Waals surface area contributed by atoms with E-state index < -0.39 is 41.6 Å². The zero-order valence-electron chi connectivity index (χ0n) is 11.2. The van der Waals surface area contributed by atoms with Crippen LogP contribution in [0.5, 0.6) is 5.75 Å². The van der Waals surface area contributed by atoms with Gasteiger partial charge in [0.25, 0.3) is 0 Å². The van der Waals surface area contributed by atoms with E-state index in [2.05, 4.69) is 4.74 Å². The molecule has 0 bridgehead atoms. The highest BCUT2D eigenvalue weighted by Crippen LogP contribution is 2.23. The van der Waals surface area contributed by atoms with Gasteiger partial charge in [-0.25, -0.2) is 0 Å². The smallest absolute Gasteiger partial charge is 0.481 e. The fraction of sp³-hybridized carbons (Fsp3) is 0.308. The molecule has 0 heterocycles. The molecule has 1 rings (SSSR count). The van der Waals surface area contributed by atoms with Crippen molar-refractivity contribution in [2.75, 3.05) is 0 Å². The van der Waals surface area contributed by atoms with E-state index >= 15 is 0 Å². The highest BCUT2D eigenvalue weighted by molar-refractivity contribution is 6.48. The number of ketones is 1. The minimum Gasteiger partial charge on any atom is -0.481 e. The first kappa shape index (κ1) is 17.6. The number of benzene rings is 1. The Labute approximate surface area is 122 Å². The number of alkyl halides is 3. The molecule has 0 saturated carbocycles. The Bertz CT molecular complexity index is 580. The number of ether oxygens (including phenoxy) is 1. The number of Topliss-reactive ketones (excluding diaryl/α,β-unsaturated/α-hetero) is 1. The molecule has 0 aliphatic heterocycles. The number of carbonyl (C=O) groups excluding carboxylic acids is 1. The quantitative estimate of drug-likeness (QED) is 0.548. The Morgan fingerprint density at radius 3 is 2.09 bits per heavy atom. The molecule has 2 atom stereocenters. The van der Waals surface area contributed by atoms with Crippen molar-refractivity contribution in [1.29, 1.82) is 5.41 Å². The number of halogens is 3. The van der Waals surface area contributed by atoms with E-state index in [0.717, 1.165) is 31.2 Å². The fourth-order valence-electron chi connectivity index (χ4n) is 1.68. The zero-order chi connectivity index (χ0) is 17.1. The van der Waals surface area contributed by atoms with Crippen LogP contribution < -0.4 is 4.74 Å². The lowest BCUT2D eigenvalue weighted by molar-refractivity contribution is -0.274. The molecule has 0 radical (unpaired) electrons. The van der Waals surface area contributed by atoms with E-state index in [1.807, 2.05) is 0 Å².